The smallest absolute Gasteiger partial charge is 0.233 e. The molecule has 0 aromatic rings. The second kappa shape index (κ2) is 4.58. The number of amides is 1. The van der Waals surface area contributed by atoms with Crippen LogP contribution >= 0.6 is 0 Å². The van der Waals surface area contributed by atoms with Gasteiger partial charge < -0.3 is 10.6 Å². The van der Waals surface area contributed by atoms with E-state index in [-0.39, 0.29) is 5.91 Å². The summed E-state index contributed by atoms with van der Waals surface area (Å²) in [5.41, 5.74) is 0. The van der Waals surface area contributed by atoms with E-state index in [0.29, 0.717) is 18.6 Å². The van der Waals surface area contributed by atoms with Gasteiger partial charge in [0.05, 0.1) is 6.54 Å². The third-order valence-corrected chi connectivity index (χ3v) is 2.72. The normalized spacial score (nSPS) is 28.0. The SMILES string of the molecule is CNC(=O)CN(C)C1CCNC1C. The minimum atomic E-state index is 0.0848. The van der Waals surface area contributed by atoms with Crippen molar-refractivity contribution in [2.45, 2.75) is 25.4 Å². The number of carbonyl (C=O) groups excluding carboxylic acids is 1. The summed E-state index contributed by atoms with van der Waals surface area (Å²) < 4.78 is 0. The van der Waals surface area contributed by atoms with Crippen LogP contribution in [0.5, 0.6) is 0 Å². The van der Waals surface area contributed by atoms with Gasteiger partial charge in [0.2, 0.25) is 5.91 Å². The van der Waals surface area contributed by atoms with Crippen molar-refractivity contribution in [3.8, 4) is 0 Å². The van der Waals surface area contributed by atoms with Gasteiger partial charge in [0.1, 0.15) is 0 Å². The van der Waals surface area contributed by atoms with Crippen LogP contribution in [0.2, 0.25) is 0 Å². The molecule has 2 unspecified atom stereocenters. The quantitative estimate of drug-likeness (QED) is 0.618. The van der Waals surface area contributed by atoms with Crippen LogP contribution in [-0.4, -0.2) is 50.1 Å². The second-order valence-electron chi connectivity index (χ2n) is 3.69. The maximum Gasteiger partial charge on any atom is 0.233 e. The Hall–Kier alpha value is -0.610. The molecule has 1 rings (SSSR count). The van der Waals surface area contributed by atoms with Gasteiger partial charge in [-0.05, 0) is 26.9 Å². The molecule has 0 aromatic carbocycles. The molecule has 1 fully saturated rings. The van der Waals surface area contributed by atoms with Crippen LogP contribution in [0, 0.1) is 0 Å². The van der Waals surface area contributed by atoms with Crippen LogP contribution in [0.4, 0.5) is 0 Å². The average Bonchev–Trinajstić information content (AvgIpc) is 2.51. The van der Waals surface area contributed by atoms with Crippen LogP contribution < -0.4 is 10.6 Å². The number of carbonyl (C=O) groups is 1. The van der Waals surface area contributed by atoms with E-state index in [2.05, 4.69) is 22.5 Å². The molecule has 1 amide bonds. The molecule has 1 aliphatic heterocycles. The van der Waals surface area contributed by atoms with E-state index in [1.807, 2.05) is 7.05 Å². The van der Waals surface area contributed by atoms with Gasteiger partial charge in [0, 0.05) is 19.1 Å². The molecule has 0 bridgehead atoms. The summed E-state index contributed by atoms with van der Waals surface area (Å²) in [5.74, 6) is 0.0848. The van der Waals surface area contributed by atoms with E-state index in [1.54, 1.807) is 7.05 Å². The Morgan fingerprint density at radius 3 is 2.85 bits per heavy atom. The minimum Gasteiger partial charge on any atom is -0.358 e. The first-order chi connectivity index (χ1) is 6.15. The first kappa shape index (κ1) is 10.5. The fourth-order valence-corrected chi connectivity index (χ4v) is 1.87. The van der Waals surface area contributed by atoms with Gasteiger partial charge in [-0.25, -0.2) is 0 Å². The van der Waals surface area contributed by atoms with Gasteiger partial charge in [-0.2, -0.15) is 0 Å². The van der Waals surface area contributed by atoms with Crippen molar-refractivity contribution < 1.29 is 4.79 Å². The Kier molecular flexibility index (Phi) is 3.69. The summed E-state index contributed by atoms with van der Waals surface area (Å²) >= 11 is 0. The van der Waals surface area contributed by atoms with E-state index in [9.17, 15) is 4.79 Å². The lowest BCUT2D eigenvalue weighted by Gasteiger charge is -2.26. The Morgan fingerprint density at radius 1 is 1.69 bits per heavy atom. The molecule has 0 saturated carbocycles. The van der Waals surface area contributed by atoms with Crippen LogP contribution in [0.15, 0.2) is 0 Å². The molecule has 0 aromatic heterocycles. The van der Waals surface area contributed by atoms with Gasteiger partial charge >= 0.3 is 0 Å². The highest BCUT2D eigenvalue weighted by Crippen LogP contribution is 2.12. The van der Waals surface area contributed by atoms with Gasteiger partial charge in [0.25, 0.3) is 0 Å². The van der Waals surface area contributed by atoms with Crippen molar-refractivity contribution in [1.82, 2.24) is 15.5 Å². The van der Waals surface area contributed by atoms with Crippen LogP contribution in [0.1, 0.15) is 13.3 Å². The third kappa shape index (κ3) is 2.67. The van der Waals surface area contributed by atoms with Crippen molar-refractivity contribution in [3.05, 3.63) is 0 Å². The maximum absolute atomic E-state index is 11.1. The van der Waals surface area contributed by atoms with Crippen molar-refractivity contribution in [2.75, 3.05) is 27.2 Å². The summed E-state index contributed by atoms with van der Waals surface area (Å²) in [4.78, 5) is 13.2. The molecule has 2 N–H and O–H groups in total. The predicted molar refractivity (Wildman–Crippen MR) is 52.6 cm³/mol. The number of nitrogens with one attached hydrogen (secondary N) is 2. The summed E-state index contributed by atoms with van der Waals surface area (Å²) in [6.07, 6.45) is 1.13. The Morgan fingerprint density at radius 2 is 2.38 bits per heavy atom. The molecule has 4 nitrogen and oxygen atoms in total. The number of hydrogen-bond acceptors (Lipinski definition) is 3. The molecule has 1 saturated heterocycles. The van der Waals surface area contributed by atoms with Gasteiger partial charge in [-0.15, -0.1) is 0 Å². The second-order valence-corrected chi connectivity index (χ2v) is 3.69. The number of nitrogens with zero attached hydrogens (tertiary/aromatic N) is 1. The predicted octanol–water partition coefficient (Wildman–Crippen LogP) is -0.585. The average molecular weight is 185 g/mol. The van der Waals surface area contributed by atoms with Crippen molar-refractivity contribution >= 4 is 5.91 Å². The highest BCUT2D eigenvalue weighted by atomic mass is 16.1. The van der Waals surface area contributed by atoms with Crippen LogP contribution in [0.25, 0.3) is 0 Å². The molecule has 13 heavy (non-hydrogen) atoms. The van der Waals surface area contributed by atoms with Crippen LogP contribution in [-0.2, 0) is 4.79 Å². The third-order valence-electron chi connectivity index (χ3n) is 2.72. The molecule has 0 radical (unpaired) electrons. The molecule has 2 atom stereocenters. The van der Waals surface area contributed by atoms with E-state index < -0.39 is 0 Å². The minimum absolute atomic E-state index is 0.0848. The van der Waals surface area contributed by atoms with E-state index in [4.69, 9.17) is 0 Å². The number of likely N-dealkylation sites (N-methyl/N-ethyl adjacent to an activating group) is 2. The van der Waals surface area contributed by atoms with Gasteiger partial charge in [-0.3, -0.25) is 9.69 Å². The van der Waals surface area contributed by atoms with Crippen LogP contribution in [0.3, 0.4) is 0 Å². The Labute approximate surface area is 79.7 Å². The first-order valence-electron chi connectivity index (χ1n) is 4.79. The molecule has 1 aliphatic rings. The van der Waals surface area contributed by atoms with E-state index >= 15 is 0 Å². The maximum atomic E-state index is 11.1. The lowest BCUT2D eigenvalue weighted by atomic mass is 10.1. The first-order valence-corrected chi connectivity index (χ1v) is 4.79. The van der Waals surface area contributed by atoms with Crippen molar-refractivity contribution in [2.24, 2.45) is 0 Å². The molecular formula is C9H19N3O. The van der Waals surface area contributed by atoms with E-state index in [0.717, 1.165) is 13.0 Å². The monoisotopic (exact) mass is 185 g/mol. The Balaban J connectivity index is 2.38. The molecular weight excluding hydrogens is 166 g/mol. The summed E-state index contributed by atoms with van der Waals surface area (Å²) in [6, 6.07) is 0.993. The number of hydrogen-bond donors (Lipinski definition) is 2. The lowest BCUT2D eigenvalue weighted by molar-refractivity contribution is -0.121. The summed E-state index contributed by atoms with van der Waals surface area (Å²) in [7, 11) is 3.68. The largest absolute Gasteiger partial charge is 0.358 e. The molecule has 0 aliphatic carbocycles. The topological polar surface area (TPSA) is 44.4 Å². The fraction of sp³-hybridized carbons (Fsp3) is 0.889. The lowest BCUT2D eigenvalue weighted by Crippen LogP contribution is -2.44. The zero-order valence-corrected chi connectivity index (χ0v) is 8.63. The van der Waals surface area contributed by atoms with Gasteiger partial charge in [0.15, 0.2) is 0 Å². The highest BCUT2D eigenvalue weighted by molar-refractivity contribution is 5.77. The van der Waals surface area contributed by atoms with Crippen molar-refractivity contribution in [1.29, 1.82) is 0 Å². The standard InChI is InChI=1S/C9H19N3O/c1-7-8(4-5-11-7)12(3)6-9(13)10-2/h7-8,11H,4-6H2,1-3H3,(H,10,13). The van der Waals surface area contributed by atoms with E-state index in [1.165, 1.54) is 0 Å². The Bertz CT molecular complexity index is 184. The number of rotatable bonds is 3. The van der Waals surface area contributed by atoms with Gasteiger partial charge in [-0.1, -0.05) is 0 Å². The molecule has 0 spiro atoms. The molecule has 4 heteroatoms. The summed E-state index contributed by atoms with van der Waals surface area (Å²) in [5, 5.41) is 6.00. The zero-order chi connectivity index (χ0) is 9.84. The van der Waals surface area contributed by atoms with Crippen molar-refractivity contribution in [3.63, 3.8) is 0 Å². The summed E-state index contributed by atoms with van der Waals surface area (Å²) in [6.45, 7) is 3.72. The molecule has 76 valence electrons. The zero-order valence-electron chi connectivity index (χ0n) is 8.63. The fourth-order valence-electron chi connectivity index (χ4n) is 1.87. The highest BCUT2D eigenvalue weighted by Gasteiger charge is 2.26. The molecule has 1 heterocycles.